The molecule has 0 spiro atoms. The van der Waals surface area contributed by atoms with E-state index in [2.05, 4.69) is 64.1 Å². The molecule has 19 heavy (non-hydrogen) atoms. The fourth-order valence-corrected chi connectivity index (χ4v) is 2.56. The summed E-state index contributed by atoms with van der Waals surface area (Å²) in [6.45, 7) is 8.72. The average Bonchev–Trinajstić information content (AvgIpc) is 2.31. The Kier molecular flexibility index (Phi) is 3.36. The van der Waals surface area contributed by atoms with E-state index in [1.807, 2.05) is 0 Å². The van der Waals surface area contributed by atoms with Crippen LogP contribution in [0.3, 0.4) is 0 Å². The Balaban J connectivity index is 0.00000133. The molecule has 0 heterocycles. The summed E-state index contributed by atoms with van der Waals surface area (Å²) in [6, 6.07) is 13.8. The van der Waals surface area contributed by atoms with E-state index in [4.69, 9.17) is 0 Å². The molecule has 0 amide bonds. The Morgan fingerprint density at radius 2 is 0.632 bits per heavy atom. The van der Waals surface area contributed by atoms with Gasteiger partial charge in [-0.05, 0) is 83.6 Å². The molecule has 0 saturated carbocycles. The van der Waals surface area contributed by atoms with Crippen molar-refractivity contribution in [1.29, 1.82) is 0 Å². The van der Waals surface area contributed by atoms with Crippen LogP contribution in [0.1, 0.15) is 29.7 Å². The highest BCUT2D eigenvalue weighted by Crippen LogP contribution is 2.27. The highest BCUT2D eigenvalue weighted by molar-refractivity contribution is 5.99. The van der Waals surface area contributed by atoms with Crippen molar-refractivity contribution in [2.24, 2.45) is 0 Å². The van der Waals surface area contributed by atoms with E-state index in [1.165, 1.54) is 43.8 Å². The molecule has 3 rings (SSSR count). The average molecular weight is 250 g/mol. The predicted octanol–water partition coefficient (Wildman–Crippen LogP) is 5.86. The van der Waals surface area contributed by atoms with E-state index < -0.39 is 0 Å². The van der Waals surface area contributed by atoms with Crippen molar-refractivity contribution in [2.75, 3.05) is 0 Å². The molecule has 3 aromatic carbocycles. The van der Waals surface area contributed by atoms with Crippen molar-refractivity contribution in [2.45, 2.75) is 35.1 Å². The first kappa shape index (κ1) is 13.6. The van der Waals surface area contributed by atoms with Gasteiger partial charge in [0.25, 0.3) is 0 Å². The first-order valence-corrected chi connectivity index (χ1v) is 6.46. The Labute approximate surface area is 116 Å². The Bertz CT molecular complexity index is 635. The largest absolute Gasteiger partial charge is 0.0776 e. The second kappa shape index (κ2) is 4.70. The quantitative estimate of drug-likeness (QED) is 0.438. The molecular weight excluding hydrogens is 228 g/mol. The molecule has 3 aromatic rings. The number of rotatable bonds is 0. The van der Waals surface area contributed by atoms with Gasteiger partial charge in [0, 0.05) is 0 Å². The summed E-state index contributed by atoms with van der Waals surface area (Å²) in [4.78, 5) is 0. The van der Waals surface area contributed by atoms with Gasteiger partial charge in [0.1, 0.15) is 0 Å². The third-order valence-corrected chi connectivity index (χ3v) is 4.02. The fraction of sp³-hybridized carbons (Fsp3) is 0.263. The minimum Gasteiger partial charge on any atom is -0.0776 e. The molecule has 0 nitrogen and oxygen atoms in total. The van der Waals surface area contributed by atoms with Gasteiger partial charge in [-0.15, -0.1) is 0 Å². The minimum absolute atomic E-state index is 0. The molecule has 0 atom stereocenters. The summed E-state index contributed by atoms with van der Waals surface area (Å²) in [5.74, 6) is 0. The summed E-state index contributed by atoms with van der Waals surface area (Å²) < 4.78 is 0. The zero-order valence-electron chi connectivity index (χ0n) is 11.5. The molecule has 0 N–H and O–H groups in total. The van der Waals surface area contributed by atoms with Crippen LogP contribution in [0.2, 0.25) is 0 Å². The van der Waals surface area contributed by atoms with Crippen LogP contribution in [0.4, 0.5) is 0 Å². The zero-order valence-corrected chi connectivity index (χ0v) is 11.5. The number of hydrogen-bond donors (Lipinski definition) is 0. The summed E-state index contributed by atoms with van der Waals surface area (Å²) in [5.41, 5.74) is 5.47. The lowest BCUT2D eigenvalue weighted by Gasteiger charge is -2.08. The van der Waals surface area contributed by atoms with Crippen LogP contribution in [0, 0.1) is 27.7 Å². The number of benzene rings is 3. The number of aryl methyl sites for hydroxylation is 4. The number of fused-ring (bicyclic) bond motifs is 2. The van der Waals surface area contributed by atoms with Gasteiger partial charge in [-0.25, -0.2) is 0 Å². The van der Waals surface area contributed by atoms with Crippen LogP contribution in [-0.4, -0.2) is 0 Å². The Morgan fingerprint density at radius 3 is 0.842 bits per heavy atom. The third kappa shape index (κ3) is 2.23. The maximum atomic E-state index is 2.31. The highest BCUT2D eigenvalue weighted by Gasteiger charge is 2.02. The number of hydrogen-bond acceptors (Lipinski definition) is 0. The van der Waals surface area contributed by atoms with Gasteiger partial charge < -0.3 is 0 Å². The van der Waals surface area contributed by atoms with Crippen molar-refractivity contribution < 1.29 is 0 Å². The molecule has 98 valence electrons. The van der Waals surface area contributed by atoms with E-state index in [0.717, 1.165) is 0 Å². The van der Waals surface area contributed by atoms with E-state index >= 15 is 0 Å². The molecular formula is C19H22. The monoisotopic (exact) mass is 250 g/mol. The summed E-state index contributed by atoms with van der Waals surface area (Å²) >= 11 is 0. The maximum Gasteiger partial charge on any atom is -0.0175 e. The normalized spacial score (nSPS) is 10.7. The fourth-order valence-electron chi connectivity index (χ4n) is 2.56. The maximum absolute atomic E-state index is 2.31. The van der Waals surface area contributed by atoms with Gasteiger partial charge in [0.05, 0.1) is 0 Å². The van der Waals surface area contributed by atoms with E-state index in [-0.39, 0.29) is 7.43 Å². The van der Waals surface area contributed by atoms with Gasteiger partial charge in [-0.2, -0.15) is 0 Å². The van der Waals surface area contributed by atoms with Crippen LogP contribution in [0.15, 0.2) is 36.4 Å². The smallest absolute Gasteiger partial charge is 0.0175 e. The van der Waals surface area contributed by atoms with Crippen molar-refractivity contribution in [3.8, 4) is 0 Å². The third-order valence-electron chi connectivity index (χ3n) is 4.02. The highest BCUT2D eigenvalue weighted by atomic mass is 14.1. The molecule has 0 radical (unpaired) electrons. The van der Waals surface area contributed by atoms with Crippen LogP contribution in [0.25, 0.3) is 21.5 Å². The molecule has 0 unspecified atom stereocenters. The van der Waals surface area contributed by atoms with Gasteiger partial charge in [0.15, 0.2) is 0 Å². The van der Waals surface area contributed by atoms with Crippen molar-refractivity contribution in [3.05, 3.63) is 58.7 Å². The lowest BCUT2D eigenvalue weighted by atomic mass is 9.96. The van der Waals surface area contributed by atoms with E-state index in [0.29, 0.717) is 0 Å². The molecule has 0 bridgehead atoms. The van der Waals surface area contributed by atoms with Gasteiger partial charge in [-0.1, -0.05) is 31.7 Å². The summed E-state index contributed by atoms with van der Waals surface area (Å²) in [7, 11) is 0. The molecule has 0 aromatic heterocycles. The molecule has 0 heteroatoms. The van der Waals surface area contributed by atoms with E-state index in [1.54, 1.807) is 0 Å². The first-order chi connectivity index (χ1) is 8.54. The SMILES string of the molecule is C.Cc1cc2cc3cc(C)c(C)cc3cc2cc1C. The standard InChI is InChI=1S/C18H18.CH4/c1-11-5-15-9-17-7-13(3)14(4)8-18(17)10-16(15)6-12(11)2;/h5-10H,1-4H3;1H4. The second-order valence-electron chi connectivity index (χ2n) is 5.42. The van der Waals surface area contributed by atoms with E-state index in [9.17, 15) is 0 Å². The lowest BCUT2D eigenvalue weighted by Crippen LogP contribution is -1.85. The van der Waals surface area contributed by atoms with Gasteiger partial charge >= 0.3 is 0 Å². The second-order valence-corrected chi connectivity index (χ2v) is 5.42. The van der Waals surface area contributed by atoms with Crippen LogP contribution < -0.4 is 0 Å². The lowest BCUT2D eigenvalue weighted by molar-refractivity contribution is 1.36. The van der Waals surface area contributed by atoms with Crippen LogP contribution in [-0.2, 0) is 0 Å². The van der Waals surface area contributed by atoms with Crippen LogP contribution >= 0.6 is 0 Å². The molecule has 0 fully saturated rings. The Hall–Kier alpha value is -1.82. The van der Waals surface area contributed by atoms with Crippen molar-refractivity contribution >= 4 is 21.5 Å². The van der Waals surface area contributed by atoms with Gasteiger partial charge in [0.2, 0.25) is 0 Å². The Morgan fingerprint density at radius 1 is 0.421 bits per heavy atom. The summed E-state index contributed by atoms with van der Waals surface area (Å²) in [5, 5.41) is 5.37. The van der Waals surface area contributed by atoms with Crippen LogP contribution in [0.5, 0.6) is 0 Å². The molecule has 0 aliphatic carbocycles. The first-order valence-electron chi connectivity index (χ1n) is 6.46. The molecule has 0 aliphatic heterocycles. The summed E-state index contributed by atoms with van der Waals surface area (Å²) in [6.07, 6.45) is 0. The van der Waals surface area contributed by atoms with Gasteiger partial charge in [-0.3, -0.25) is 0 Å². The molecule has 0 saturated heterocycles. The topological polar surface area (TPSA) is 0 Å². The van der Waals surface area contributed by atoms with Crippen molar-refractivity contribution in [3.63, 3.8) is 0 Å². The minimum atomic E-state index is 0. The zero-order chi connectivity index (χ0) is 12.9. The predicted molar refractivity (Wildman–Crippen MR) is 87.1 cm³/mol. The molecule has 0 aliphatic rings. The van der Waals surface area contributed by atoms with Crippen molar-refractivity contribution in [1.82, 2.24) is 0 Å².